The lowest BCUT2D eigenvalue weighted by Crippen LogP contribution is -2.23. The normalized spacial score (nSPS) is 13.5. The Morgan fingerprint density at radius 2 is 0.892 bits per heavy atom. The van der Waals surface area contributed by atoms with E-state index in [-0.39, 0.29) is 42.6 Å². The van der Waals surface area contributed by atoms with Crippen LogP contribution in [0.15, 0.2) is 133 Å². The van der Waals surface area contributed by atoms with E-state index in [9.17, 15) is 19.2 Å². The topological polar surface area (TPSA) is 105 Å². The first kappa shape index (κ1) is 51.9. The molecule has 4 atom stereocenters. The second-order valence-electron chi connectivity index (χ2n) is 16.8. The SMILES string of the molecule is CCCOC(=O)CC(CC(=CCCCCC(CC(C=C(CC(CC(=O)OCCC)C(=O)OCCC)c1ccccc1)c1ccccc1)c1ccccc1)c1ccccc1)C(=O)OCCC. The molecule has 348 valence electrons. The Morgan fingerprint density at radius 1 is 0.477 bits per heavy atom. The van der Waals surface area contributed by atoms with E-state index in [0.29, 0.717) is 65.0 Å². The Labute approximate surface area is 388 Å². The highest BCUT2D eigenvalue weighted by Crippen LogP contribution is 2.38. The van der Waals surface area contributed by atoms with Crippen molar-refractivity contribution in [2.45, 2.75) is 123 Å². The molecule has 0 aliphatic rings. The van der Waals surface area contributed by atoms with Crippen molar-refractivity contribution in [1.29, 1.82) is 0 Å². The first-order chi connectivity index (χ1) is 31.8. The van der Waals surface area contributed by atoms with Gasteiger partial charge >= 0.3 is 23.9 Å². The summed E-state index contributed by atoms with van der Waals surface area (Å²) in [5.74, 6) is -2.66. The fourth-order valence-corrected chi connectivity index (χ4v) is 8.01. The lowest BCUT2D eigenvalue weighted by atomic mass is 9.80. The standard InChI is InChI=1S/C57H72O8/c1-5-34-62-54(58)42-52(56(60)64-36-7-3)39-49(45-26-16-10-17-27-45)33-23-13-22-32-48(44-24-14-9-15-25-44)38-50(46-28-18-11-19-29-46)40-51(47-30-20-12-21-31-47)41-53(57(61)65-37-8-4)43-55(59)63-35-6-2/h9-12,14-21,24-31,33,40,48,50,52-53H,5-8,13,22-23,32,34-39,41-43H2,1-4H3. The minimum Gasteiger partial charge on any atom is -0.466 e. The molecule has 0 N–H and O–H groups in total. The third-order valence-corrected chi connectivity index (χ3v) is 11.4. The van der Waals surface area contributed by atoms with Crippen LogP contribution in [0.3, 0.4) is 0 Å². The minimum atomic E-state index is -0.695. The minimum absolute atomic E-state index is 0.00559. The van der Waals surface area contributed by atoms with E-state index in [2.05, 4.69) is 91.0 Å². The van der Waals surface area contributed by atoms with Crippen LogP contribution in [-0.4, -0.2) is 50.3 Å². The van der Waals surface area contributed by atoms with E-state index < -0.39 is 17.8 Å². The van der Waals surface area contributed by atoms with Crippen LogP contribution in [0.2, 0.25) is 0 Å². The Hall–Kier alpha value is -5.76. The van der Waals surface area contributed by atoms with Gasteiger partial charge in [-0.2, -0.15) is 0 Å². The number of allylic oxidation sites excluding steroid dienone is 4. The summed E-state index contributed by atoms with van der Waals surface area (Å²) in [7, 11) is 0. The summed E-state index contributed by atoms with van der Waals surface area (Å²) in [5.41, 5.74) is 6.48. The van der Waals surface area contributed by atoms with Crippen molar-refractivity contribution in [3.8, 4) is 0 Å². The first-order valence-corrected chi connectivity index (χ1v) is 24.0. The summed E-state index contributed by atoms with van der Waals surface area (Å²) in [6, 6.07) is 41.4. The van der Waals surface area contributed by atoms with Crippen molar-refractivity contribution < 1.29 is 38.1 Å². The van der Waals surface area contributed by atoms with E-state index in [4.69, 9.17) is 18.9 Å². The molecule has 65 heavy (non-hydrogen) atoms. The molecule has 4 unspecified atom stereocenters. The highest BCUT2D eigenvalue weighted by molar-refractivity contribution is 5.83. The van der Waals surface area contributed by atoms with Crippen LogP contribution in [0.5, 0.6) is 0 Å². The highest BCUT2D eigenvalue weighted by atomic mass is 16.5. The summed E-state index contributed by atoms with van der Waals surface area (Å²) in [6.07, 6.45) is 12.5. The van der Waals surface area contributed by atoms with Gasteiger partial charge in [-0.15, -0.1) is 0 Å². The van der Waals surface area contributed by atoms with Crippen molar-refractivity contribution in [3.63, 3.8) is 0 Å². The molecule has 0 radical (unpaired) electrons. The van der Waals surface area contributed by atoms with Crippen LogP contribution in [0.25, 0.3) is 11.1 Å². The Bertz CT molecular complexity index is 2030. The van der Waals surface area contributed by atoms with E-state index >= 15 is 0 Å². The van der Waals surface area contributed by atoms with Gasteiger partial charge in [-0.3, -0.25) is 19.2 Å². The van der Waals surface area contributed by atoms with Gasteiger partial charge in [0, 0.05) is 5.92 Å². The number of esters is 4. The summed E-state index contributed by atoms with van der Waals surface area (Å²) < 4.78 is 22.1. The average molecular weight is 885 g/mol. The number of unbranched alkanes of at least 4 members (excludes halogenated alkanes) is 2. The first-order valence-electron chi connectivity index (χ1n) is 24.0. The molecule has 0 fully saturated rings. The molecule has 0 amide bonds. The molecule has 0 saturated carbocycles. The number of carbonyl (C=O) groups is 4. The molecule has 0 saturated heterocycles. The molecular weight excluding hydrogens is 813 g/mol. The van der Waals surface area contributed by atoms with Crippen molar-refractivity contribution >= 4 is 35.0 Å². The molecule has 0 spiro atoms. The summed E-state index contributed by atoms with van der Waals surface area (Å²) in [4.78, 5) is 52.7. The van der Waals surface area contributed by atoms with E-state index in [0.717, 1.165) is 54.4 Å². The van der Waals surface area contributed by atoms with Crippen molar-refractivity contribution in [2.24, 2.45) is 11.8 Å². The van der Waals surface area contributed by atoms with E-state index in [1.54, 1.807) is 0 Å². The maximum Gasteiger partial charge on any atom is 0.309 e. The van der Waals surface area contributed by atoms with Crippen molar-refractivity contribution in [1.82, 2.24) is 0 Å². The van der Waals surface area contributed by atoms with Gasteiger partial charge in [-0.1, -0.05) is 168 Å². The highest BCUT2D eigenvalue weighted by Gasteiger charge is 2.28. The van der Waals surface area contributed by atoms with Crippen LogP contribution in [0, 0.1) is 11.8 Å². The van der Waals surface area contributed by atoms with Crippen molar-refractivity contribution in [2.75, 3.05) is 26.4 Å². The van der Waals surface area contributed by atoms with Gasteiger partial charge in [-0.25, -0.2) is 0 Å². The zero-order chi connectivity index (χ0) is 46.5. The maximum atomic E-state index is 13.6. The summed E-state index contributed by atoms with van der Waals surface area (Å²) >= 11 is 0. The second-order valence-corrected chi connectivity index (χ2v) is 16.8. The van der Waals surface area contributed by atoms with Crippen LogP contribution in [0.1, 0.15) is 145 Å². The number of ether oxygens (including phenoxy) is 4. The molecule has 4 rings (SSSR count). The molecule has 8 heteroatoms. The smallest absolute Gasteiger partial charge is 0.309 e. The fraction of sp³-hybridized carbons (Fsp3) is 0.439. The van der Waals surface area contributed by atoms with E-state index in [1.165, 1.54) is 11.1 Å². The number of carbonyl (C=O) groups excluding carboxylic acids is 4. The zero-order valence-electron chi connectivity index (χ0n) is 39.3. The van der Waals surface area contributed by atoms with Crippen LogP contribution in [0.4, 0.5) is 0 Å². The molecule has 0 aliphatic carbocycles. The quantitative estimate of drug-likeness (QED) is 0.0290. The molecule has 0 aromatic heterocycles. The Kier molecular flexibility index (Phi) is 24.3. The summed E-state index contributed by atoms with van der Waals surface area (Å²) in [6.45, 7) is 9.05. The summed E-state index contributed by atoms with van der Waals surface area (Å²) in [5, 5.41) is 0. The molecule has 8 nitrogen and oxygen atoms in total. The van der Waals surface area contributed by atoms with E-state index in [1.807, 2.05) is 70.2 Å². The third-order valence-electron chi connectivity index (χ3n) is 11.4. The number of benzene rings is 4. The molecule has 0 bridgehead atoms. The van der Waals surface area contributed by atoms with Gasteiger partial charge < -0.3 is 18.9 Å². The third kappa shape index (κ3) is 19.1. The van der Waals surface area contributed by atoms with Crippen LogP contribution >= 0.6 is 0 Å². The maximum absolute atomic E-state index is 13.6. The predicted molar refractivity (Wildman–Crippen MR) is 261 cm³/mol. The van der Waals surface area contributed by atoms with Gasteiger partial charge in [0.05, 0.1) is 51.1 Å². The molecule has 4 aromatic rings. The zero-order valence-corrected chi connectivity index (χ0v) is 39.3. The van der Waals surface area contributed by atoms with Crippen molar-refractivity contribution in [3.05, 3.63) is 156 Å². The molecule has 0 heterocycles. The predicted octanol–water partition coefficient (Wildman–Crippen LogP) is 13.3. The van der Waals surface area contributed by atoms with Gasteiger partial charge in [0.2, 0.25) is 0 Å². The number of rotatable bonds is 30. The monoisotopic (exact) mass is 885 g/mol. The van der Waals surface area contributed by atoms with Gasteiger partial charge in [0.1, 0.15) is 0 Å². The van der Waals surface area contributed by atoms with Crippen LogP contribution in [-0.2, 0) is 38.1 Å². The van der Waals surface area contributed by atoms with Gasteiger partial charge in [-0.05, 0) is 104 Å². The lowest BCUT2D eigenvalue weighted by molar-refractivity contribution is -0.155. The average Bonchev–Trinajstić information content (AvgIpc) is 3.34. The second kappa shape index (κ2) is 30.4. The Morgan fingerprint density at radius 3 is 1.37 bits per heavy atom. The van der Waals surface area contributed by atoms with Gasteiger partial charge in [0.25, 0.3) is 0 Å². The molecule has 0 aliphatic heterocycles. The Balaban J connectivity index is 1.63. The van der Waals surface area contributed by atoms with Gasteiger partial charge in [0.15, 0.2) is 0 Å². The lowest BCUT2D eigenvalue weighted by Gasteiger charge is -2.25. The number of hydrogen-bond donors (Lipinski definition) is 0. The van der Waals surface area contributed by atoms with Crippen LogP contribution < -0.4 is 0 Å². The molecule has 4 aromatic carbocycles. The fourth-order valence-electron chi connectivity index (χ4n) is 8.01. The largest absolute Gasteiger partial charge is 0.466 e. The number of hydrogen-bond acceptors (Lipinski definition) is 8. The molecular formula is C57H72O8.